The van der Waals surface area contributed by atoms with Gasteiger partial charge in [-0.2, -0.15) is 0 Å². The summed E-state index contributed by atoms with van der Waals surface area (Å²) in [7, 11) is 0. The van der Waals surface area contributed by atoms with E-state index in [2.05, 4.69) is 11.9 Å². The zero-order chi connectivity index (χ0) is 19.4. The van der Waals surface area contributed by atoms with Crippen LogP contribution in [0.4, 0.5) is 0 Å². The third-order valence-corrected chi connectivity index (χ3v) is 5.38. The second kappa shape index (κ2) is 11.4. The Bertz CT molecular complexity index is 769. The fraction of sp³-hybridized carbons (Fsp3) is 0.455. The Kier molecular flexibility index (Phi) is 9.90. The molecule has 1 amide bonds. The average molecular weight is 440 g/mol. The van der Waals surface area contributed by atoms with Gasteiger partial charge in [-0.05, 0) is 68.9 Å². The van der Waals surface area contributed by atoms with Crippen molar-refractivity contribution in [3.63, 3.8) is 0 Å². The topological polar surface area (TPSA) is 68.5 Å². The van der Waals surface area contributed by atoms with Crippen LogP contribution in [-0.4, -0.2) is 34.9 Å². The summed E-state index contributed by atoms with van der Waals surface area (Å²) in [6.45, 7) is 8.06. The minimum atomic E-state index is 0. The maximum absolute atomic E-state index is 12.9. The molecule has 1 aliphatic heterocycles. The highest BCUT2D eigenvalue weighted by Gasteiger charge is 2.26. The summed E-state index contributed by atoms with van der Waals surface area (Å²) in [5.74, 6) is 1.45. The highest BCUT2D eigenvalue weighted by molar-refractivity contribution is 5.95. The van der Waals surface area contributed by atoms with Crippen LogP contribution < -0.4 is 10.5 Å². The molecule has 3 rings (SSSR count). The molecule has 1 aliphatic rings. The molecule has 2 heterocycles. The number of amides is 1. The van der Waals surface area contributed by atoms with Crippen LogP contribution in [0.5, 0.6) is 5.75 Å². The highest BCUT2D eigenvalue weighted by Crippen LogP contribution is 2.27. The minimum absolute atomic E-state index is 0. The number of ether oxygens (including phenoxy) is 1. The molecular weight excluding hydrogens is 409 g/mol. The first-order valence-electron chi connectivity index (χ1n) is 9.63. The number of nitrogens with zero attached hydrogens (tertiary/aromatic N) is 2. The van der Waals surface area contributed by atoms with Crippen LogP contribution in [0.3, 0.4) is 0 Å². The number of hydrogen-bond donors (Lipinski definition) is 1. The van der Waals surface area contributed by atoms with Gasteiger partial charge in [0.25, 0.3) is 5.91 Å². The maximum Gasteiger partial charge on any atom is 0.253 e. The SMILES string of the molecule is Cc1cc(C(=O)N2CCC(C(C)N)CC2)cc(C)c1OCc1cccnc1.Cl.Cl. The lowest BCUT2D eigenvalue weighted by Crippen LogP contribution is -2.42. The van der Waals surface area contributed by atoms with E-state index in [-0.39, 0.29) is 36.8 Å². The lowest BCUT2D eigenvalue weighted by Gasteiger charge is -2.34. The van der Waals surface area contributed by atoms with Crippen LogP contribution >= 0.6 is 24.8 Å². The van der Waals surface area contributed by atoms with Crippen LogP contribution in [-0.2, 0) is 6.61 Å². The van der Waals surface area contributed by atoms with Gasteiger partial charge in [-0.25, -0.2) is 0 Å². The largest absolute Gasteiger partial charge is 0.488 e. The molecule has 1 fully saturated rings. The number of rotatable bonds is 5. The highest BCUT2D eigenvalue weighted by atomic mass is 35.5. The zero-order valence-corrected chi connectivity index (χ0v) is 18.9. The molecule has 0 aliphatic carbocycles. The molecular formula is C22H31Cl2N3O2. The van der Waals surface area contributed by atoms with Gasteiger partial charge in [0.2, 0.25) is 0 Å². The van der Waals surface area contributed by atoms with Crippen molar-refractivity contribution in [1.82, 2.24) is 9.88 Å². The smallest absolute Gasteiger partial charge is 0.253 e. The van der Waals surface area contributed by atoms with Crippen molar-refractivity contribution in [3.05, 3.63) is 58.9 Å². The standard InChI is InChI=1S/C22H29N3O2.2ClH/c1-15-11-20(22(26)25-9-6-19(7-10-25)17(3)23)12-16(2)21(15)27-14-18-5-4-8-24-13-18;;/h4-5,8,11-13,17,19H,6-7,9-10,14,23H2,1-3H3;2*1H. The Morgan fingerprint density at radius 2 is 1.86 bits per heavy atom. The Morgan fingerprint density at radius 1 is 1.24 bits per heavy atom. The summed E-state index contributed by atoms with van der Waals surface area (Å²) in [6, 6.07) is 7.95. The van der Waals surface area contributed by atoms with Gasteiger partial charge < -0.3 is 15.4 Å². The van der Waals surface area contributed by atoms with E-state index in [1.54, 1.807) is 12.4 Å². The van der Waals surface area contributed by atoms with E-state index in [1.165, 1.54) is 0 Å². The number of likely N-dealkylation sites (tertiary alicyclic amines) is 1. The Hall–Kier alpha value is -1.82. The molecule has 2 N–H and O–H groups in total. The third-order valence-electron chi connectivity index (χ3n) is 5.38. The number of carbonyl (C=O) groups is 1. The van der Waals surface area contributed by atoms with E-state index in [0.717, 1.165) is 53.9 Å². The molecule has 0 bridgehead atoms. The monoisotopic (exact) mass is 439 g/mol. The normalized spacial score (nSPS) is 15.1. The number of piperidine rings is 1. The number of nitrogens with two attached hydrogens (primary N) is 1. The lowest BCUT2D eigenvalue weighted by molar-refractivity contribution is 0.0680. The molecule has 1 saturated heterocycles. The van der Waals surface area contributed by atoms with Gasteiger partial charge in [0, 0.05) is 42.7 Å². The van der Waals surface area contributed by atoms with Crippen LogP contribution in [0, 0.1) is 19.8 Å². The molecule has 7 heteroatoms. The summed E-state index contributed by atoms with van der Waals surface area (Å²) in [5, 5.41) is 0. The van der Waals surface area contributed by atoms with Crippen molar-refractivity contribution in [2.45, 2.75) is 46.3 Å². The molecule has 1 unspecified atom stereocenters. The first-order chi connectivity index (χ1) is 13.0. The number of aryl methyl sites for hydroxylation is 2. The number of pyridine rings is 1. The van der Waals surface area contributed by atoms with Gasteiger partial charge in [-0.15, -0.1) is 24.8 Å². The van der Waals surface area contributed by atoms with E-state index < -0.39 is 0 Å². The fourth-order valence-corrected chi connectivity index (χ4v) is 3.75. The van der Waals surface area contributed by atoms with Gasteiger partial charge in [0.15, 0.2) is 0 Å². The summed E-state index contributed by atoms with van der Waals surface area (Å²) in [5.41, 5.74) is 9.72. The van der Waals surface area contributed by atoms with E-state index in [1.807, 2.05) is 43.0 Å². The van der Waals surface area contributed by atoms with Crippen molar-refractivity contribution in [2.75, 3.05) is 13.1 Å². The van der Waals surface area contributed by atoms with Gasteiger partial charge >= 0.3 is 0 Å². The van der Waals surface area contributed by atoms with Crippen LogP contribution in [0.1, 0.15) is 46.8 Å². The van der Waals surface area contributed by atoms with E-state index in [9.17, 15) is 4.79 Å². The summed E-state index contributed by atoms with van der Waals surface area (Å²) >= 11 is 0. The van der Waals surface area contributed by atoms with Crippen LogP contribution in [0.25, 0.3) is 0 Å². The first-order valence-corrected chi connectivity index (χ1v) is 9.63. The molecule has 0 saturated carbocycles. The van der Waals surface area contributed by atoms with Crippen molar-refractivity contribution < 1.29 is 9.53 Å². The zero-order valence-electron chi connectivity index (χ0n) is 17.3. The van der Waals surface area contributed by atoms with Gasteiger partial charge in [0.1, 0.15) is 12.4 Å². The second-order valence-corrected chi connectivity index (χ2v) is 7.58. The minimum Gasteiger partial charge on any atom is -0.488 e. The molecule has 160 valence electrons. The molecule has 29 heavy (non-hydrogen) atoms. The molecule has 1 aromatic carbocycles. The maximum atomic E-state index is 12.9. The van der Waals surface area contributed by atoms with Gasteiger partial charge in [-0.1, -0.05) is 6.07 Å². The number of aromatic nitrogens is 1. The average Bonchev–Trinajstić information content (AvgIpc) is 2.67. The van der Waals surface area contributed by atoms with Crippen molar-refractivity contribution in [3.8, 4) is 5.75 Å². The molecule has 1 atom stereocenters. The van der Waals surface area contributed by atoms with Gasteiger partial charge in [-0.3, -0.25) is 9.78 Å². The van der Waals surface area contributed by atoms with E-state index >= 15 is 0 Å². The Balaban J connectivity index is 0.00000210. The molecule has 0 spiro atoms. The predicted molar refractivity (Wildman–Crippen MR) is 121 cm³/mol. The first kappa shape index (κ1) is 25.2. The van der Waals surface area contributed by atoms with Crippen molar-refractivity contribution in [1.29, 1.82) is 0 Å². The van der Waals surface area contributed by atoms with Crippen molar-refractivity contribution >= 4 is 30.7 Å². The van der Waals surface area contributed by atoms with Crippen LogP contribution in [0.15, 0.2) is 36.7 Å². The number of benzene rings is 1. The van der Waals surface area contributed by atoms with E-state index in [0.29, 0.717) is 12.5 Å². The molecule has 0 radical (unpaired) electrons. The molecule has 2 aromatic rings. The second-order valence-electron chi connectivity index (χ2n) is 7.58. The quantitative estimate of drug-likeness (QED) is 0.752. The van der Waals surface area contributed by atoms with Gasteiger partial charge in [0.05, 0.1) is 0 Å². The number of halogens is 2. The number of carbonyl (C=O) groups excluding carboxylic acids is 1. The summed E-state index contributed by atoms with van der Waals surface area (Å²) < 4.78 is 6.00. The summed E-state index contributed by atoms with van der Waals surface area (Å²) in [6.07, 6.45) is 5.51. The Labute approximate surface area is 185 Å². The van der Waals surface area contributed by atoms with Crippen molar-refractivity contribution in [2.24, 2.45) is 11.7 Å². The third kappa shape index (κ3) is 6.33. The Morgan fingerprint density at radius 3 is 2.38 bits per heavy atom. The molecule has 1 aromatic heterocycles. The number of hydrogen-bond acceptors (Lipinski definition) is 4. The molecule has 5 nitrogen and oxygen atoms in total. The summed E-state index contributed by atoms with van der Waals surface area (Å²) in [4.78, 5) is 19.0. The lowest BCUT2D eigenvalue weighted by atomic mass is 9.90. The van der Waals surface area contributed by atoms with Crippen LogP contribution in [0.2, 0.25) is 0 Å². The fourth-order valence-electron chi connectivity index (χ4n) is 3.75. The van der Waals surface area contributed by atoms with E-state index in [4.69, 9.17) is 10.5 Å². The predicted octanol–water partition coefficient (Wildman–Crippen LogP) is 4.32.